The van der Waals surface area contributed by atoms with Gasteiger partial charge in [0, 0.05) is 12.8 Å². The van der Waals surface area contributed by atoms with E-state index in [9.17, 15) is 30.0 Å². The SMILES string of the molecule is O=C(OC1(O)CCCCC1O)c1ccc(C(=O)OC2(O)CCCCC2O)cc1. The Morgan fingerprint density at radius 1 is 0.750 bits per heavy atom. The second-order valence-electron chi connectivity index (χ2n) is 7.57. The summed E-state index contributed by atoms with van der Waals surface area (Å²) in [5, 5.41) is 40.5. The van der Waals surface area contributed by atoms with Crippen LogP contribution in [0.5, 0.6) is 0 Å². The third-order valence-electron chi connectivity index (χ3n) is 5.46. The molecule has 0 aliphatic heterocycles. The van der Waals surface area contributed by atoms with Crippen LogP contribution >= 0.6 is 0 Å². The first-order valence-electron chi connectivity index (χ1n) is 9.61. The number of ether oxygens (including phenoxy) is 2. The van der Waals surface area contributed by atoms with Crippen molar-refractivity contribution in [3.05, 3.63) is 35.4 Å². The third-order valence-corrected chi connectivity index (χ3v) is 5.46. The lowest BCUT2D eigenvalue weighted by Crippen LogP contribution is -2.48. The number of rotatable bonds is 4. The summed E-state index contributed by atoms with van der Waals surface area (Å²) >= 11 is 0. The molecule has 1 aromatic carbocycles. The summed E-state index contributed by atoms with van der Waals surface area (Å²) in [4.78, 5) is 24.5. The molecule has 28 heavy (non-hydrogen) atoms. The number of esters is 2. The molecule has 8 nitrogen and oxygen atoms in total. The summed E-state index contributed by atoms with van der Waals surface area (Å²) in [6, 6.07) is 5.33. The molecule has 0 radical (unpaired) electrons. The highest BCUT2D eigenvalue weighted by atomic mass is 16.7. The van der Waals surface area contributed by atoms with Crippen LogP contribution in [0, 0.1) is 0 Å². The van der Waals surface area contributed by atoms with Crippen LogP contribution in [0.2, 0.25) is 0 Å². The second-order valence-corrected chi connectivity index (χ2v) is 7.57. The molecule has 0 heterocycles. The van der Waals surface area contributed by atoms with Gasteiger partial charge in [-0.25, -0.2) is 9.59 Å². The molecule has 2 saturated carbocycles. The van der Waals surface area contributed by atoms with Crippen LogP contribution in [0.4, 0.5) is 0 Å². The van der Waals surface area contributed by atoms with Crippen LogP contribution in [0.25, 0.3) is 0 Å². The van der Waals surface area contributed by atoms with E-state index < -0.39 is 35.7 Å². The molecule has 2 aliphatic carbocycles. The average Bonchev–Trinajstić information content (AvgIpc) is 2.67. The van der Waals surface area contributed by atoms with Crippen LogP contribution in [-0.2, 0) is 9.47 Å². The summed E-state index contributed by atoms with van der Waals surface area (Å²) in [6.45, 7) is 0. The summed E-state index contributed by atoms with van der Waals surface area (Å²) in [6.07, 6.45) is 1.52. The molecule has 2 aliphatic rings. The van der Waals surface area contributed by atoms with Crippen LogP contribution in [0.15, 0.2) is 24.3 Å². The van der Waals surface area contributed by atoms with Gasteiger partial charge in [0.05, 0.1) is 11.1 Å². The lowest BCUT2D eigenvalue weighted by Gasteiger charge is -2.36. The second kappa shape index (κ2) is 8.16. The predicted molar refractivity (Wildman–Crippen MR) is 96.1 cm³/mol. The van der Waals surface area contributed by atoms with Crippen molar-refractivity contribution in [3.8, 4) is 0 Å². The van der Waals surface area contributed by atoms with Gasteiger partial charge in [-0.2, -0.15) is 0 Å². The minimum atomic E-state index is -1.91. The molecular weight excluding hydrogens is 368 g/mol. The summed E-state index contributed by atoms with van der Waals surface area (Å²) in [5.41, 5.74) is 0.193. The number of benzene rings is 1. The number of aliphatic hydroxyl groups excluding tert-OH is 2. The van der Waals surface area contributed by atoms with E-state index in [4.69, 9.17) is 9.47 Å². The predicted octanol–water partition coefficient (Wildman–Crippen LogP) is 1.25. The topological polar surface area (TPSA) is 134 Å². The van der Waals surface area contributed by atoms with E-state index in [0.717, 1.165) is 12.8 Å². The standard InChI is InChI=1S/C20H26O8/c21-15-5-1-3-11-19(15,25)27-17(23)13-7-9-14(10-8-13)18(24)28-20(26)12-4-2-6-16(20)22/h7-10,15-16,21-22,25-26H,1-6,11-12H2. The van der Waals surface area contributed by atoms with Crippen molar-refractivity contribution in [1.29, 1.82) is 0 Å². The lowest BCUT2D eigenvalue weighted by atomic mass is 9.91. The van der Waals surface area contributed by atoms with Gasteiger partial charge < -0.3 is 29.9 Å². The Kier molecular flexibility index (Phi) is 6.04. The zero-order valence-corrected chi connectivity index (χ0v) is 15.5. The van der Waals surface area contributed by atoms with Crippen molar-refractivity contribution in [1.82, 2.24) is 0 Å². The lowest BCUT2D eigenvalue weighted by molar-refractivity contribution is -0.239. The zero-order valence-electron chi connectivity index (χ0n) is 15.5. The molecule has 4 atom stereocenters. The quantitative estimate of drug-likeness (QED) is 0.443. The molecule has 0 bridgehead atoms. The van der Waals surface area contributed by atoms with Gasteiger partial charge in [-0.15, -0.1) is 0 Å². The van der Waals surface area contributed by atoms with E-state index >= 15 is 0 Å². The van der Waals surface area contributed by atoms with Crippen molar-refractivity contribution in [2.24, 2.45) is 0 Å². The molecule has 4 N–H and O–H groups in total. The molecular formula is C20H26O8. The van der Waals surface area contributed by atoms with E-state index in [1.54, 1.807) is 0 Å². The van der Waals surface area contributed by atoms with Gasteiger partial charge in [0.2, 0.25) is 11.6 Å². The van der Waals surface area contributed by atoms with E-state index in [2.05, 4.69) is 0 Å². The molecule has 0 spiro atoms. The van der Waals surface area contributed by atoms with Gasteiger partial charge in [0.15, 0.2) is 0 Å². The number of carbonyl (C=O) groups is 2. The Bertz CT molecular complexity index is 656. The van der Waals surface area contributed by atoms with Crippen LogP contribution < -0.4 is 0 Å². The first-order chi connectivity index (χ1) is 13.2. The minimum absolute atomic E-state index is 0.0964. The summed E-state index contributed by atoms with van der Waals surface area (Å²) < 4.78 is 10.2. The number of hydrogen-bond donors (Lipinski definition) is 4. The Labute approximate surface area is 162 Å². The molecule has 8 heteroatoms. The minimum Gasteiger partial charge on any atom is -0.427 e. The van der Waals surface area contributed by atoms with Crippen molar-refractivity contribution in [2.75, 3.05) is 0 Å². The summed E-state index contributed by atoms with van der Waals surface area (Å²) in [5.74, 6) is -5.45. The molecule has 2 fully saturated rings. The Hall–Kier alpha value is -2.00. The molecule has 0 amide bonds. The Balaban J connectivity index is 1.64. The number of hydrogen-bond acceptors (Lipinski definition) is 8. The fourth-order valence-corrected chi connectivity index (χ4v) is 3.64. The zero-order chi connectivity index (χ0) is 20.4. The summed E-state index contributed by atoms with van der Waals surface area (Å²) in [7, 11) is 0. The van der Waals surface area contributed by atoms with Crippen LogP contribution in [0.1, 0.15) is 72.1 Å². The molecule has 3 rings (SSSR count). The van der Waals surface area contributed by atoms with Crippen LogP contribution in [0.3, 0.4) is 0 Å². The van der Waals surface area contributed by atoms with Gasteiger partial charge >= 0.3 is 11.9 Å². The van der Waals surface area contributed by atoms with E-state index in [0.29, 0.717) is 25.7 Å². The fraction of sp³-hybridized carbons (Fsp3) is 0.600. The van der Waals surface area contributed by atoms with Gasteiger partial charge in [0.1, 0.15) is 12.2 Å². The molecule has 0 aromatic heterocycles. The number of aliphatic hydroxyl groups is 4. The smallest absolute Gasteiger partial charge is 0.340 e. The van der Waals surface area contributed by atoms with E-state index in [1.807, 2.05) is 0 Å². The van der Waals surface area contributed by atoms with Gasteiger partial charge in [0.25, 0.3) is 0 Å². The largest absolute Gasteiger partial charge is 0.427 e. The maximum atomic E-state index is 12.3. The first kappa shape index (κ1) is 20.7. The van der Waals surface area contributed by atoms with Gasteiger partial charge in [-0.3, -0.25) is 0 Å². The molecule has 1 aromatic rings. The van der Waals surface area contributed by atoms with Crippen molar-refractivity contribution in [2.45, 2.75) is 75.1 Å². The highest BCUT2D eigenvalue weighted by Crippen LogP contribution is 2.32. The fourth-order valence-electron chi connectivity index (χ4n) is 3.64. The normalized spacial score (nSPS) is 33.1. The third kappa shape index (κ3) is 4.35. The van der Waals surface area contributed by atoms with Crippen molar-refractivity contribution >= 4 is 11.9 Å². The van der Waals surface area contributed by atoms with E-state index in [1.165, 1.54) is 24.3 Å². The maximum absolute atomic E-state index is 12.3. The number of carbonyl (C=O) groups excluding carboxylic acids is 2. The maximum Gasteiger partial charge on any atom is 0.340 e. The van der Waals surface area contributed by atoms with Crippen molar-refractivity contribution in [3.63, 3.8) is 0 Å². The van der Waals surface area contributed by atoms with E-state index in [-0.39, 0.29) is 24.0 Å². The molecule has 154 valence electrons. The van der Waals surface area contributed by atoms with Gasteiger partial charge in [-0.05, 0) is 49.9 Å². The van der Waals surface area contributed by atoms with Crippen molar-refractivity contribution < 1.29 is 39.5 Å². The average molecular weight is 394 g/mol. The Morgan fingerprint density at radius 3 is 1.43 bits per heavy atom. The molecule has 4 unspecified atom stereocenters. The van der Waals surface area contributed by atoms with Crippen LogP contribution in [-0.4, -0.2) is 56.1 Å². The first-order valence-corrected chi connectivity index (χ1v) is 9.61. The Morgan fingerprint density at radius 2 is 1.11 bits per heavy atom. The molecule has 0 saturated heterocycles. The van der Waals surface area contributed by atoms with Gasteiger partial charge in [-0.1, -0.05) is 12.8 Å². The highest BCUT2D eigenvalue weighted by molar-refractivity contribution is 5.93. The highest BCUT2D eigenvalue weighted by Gasteiger charge is 2.43. The monoisotopic (exact) mass is 394 g/mol.